The number of aromatic nitrogens is 2. The molecule has 3 rings (SSSR count). The normalized spacial score (nSPS) is 12.5. The van der Waals surface area contributed by atoms with E-state index in [2.05, 4.69) is 18.9 Å². The van der Waals surface area contributed by atoms with Crippen LogP contribution in [0, 0.1) is 0 Å². The molecular formula is C20H23N3O3S. The Labute approximate surface area is 162 Å². The molecule has 0 aliphatic heterocycles. The minimum absolute atomic E-state index is 0.240. The monoisotopic (exact) mass is 385 g/mol. The Morgan fingerprint density at radius 3 is 2.48 bits per heavy atom. The predicted octanol–water partition coefficient (Wildman–Crippen LogP) is 3.87. The molecule has 1 aromatic carbocycles. The molecule has 0 fully saturated rings. The van der Waals surface area contributed by atoms with Gasteiger partial charge in [-0.15, -0.1) is 11.3 Å². The van der Waals surface area contributed by atoms with Crippen molar-refractivity contribution in [2.45, 2.75) is 39.3 Å². The van der Waals surface area contributed by atoms with Crippen molar-refractivity contribution in [2.75, 3.05) is 0 Å². The van der Waals surface area contributed by atoms with E-state index in [1.165, 1.54) is 23.2 Å². The smallest absolute Gasteiger partial charge is 0.326 e. The highest BCUT2D eigenvalue weighted by atomic mass is 32.1. The number of hydrogen-bond donors (Lipinski definition) is 1. The molecule has 3 aromatic rings. The third-order valence-electron chi connectivity index (χ3n) is 4.58. The number of carboxylic acids is 1. The van der Waals surface area contributed by atoms with Gasteiger partial charge in [-0.1, -0.05) is 44.2 Å². The van der Waals surface area contributed by atoms with Gasteiger partial charge >= 0.3 is 5.97 Å². The fourth-order valence-corrected chi connectivity index (χ4v) is 4.07. The molecule has 0 radical (unpaired) electrons. The van der Waals surface area contributed by atoms with Crippen LogP contribution < -0.4 is 0 Å². The standard InChI is InChI=1S/C20H23N3O3S/c1-12(2)17-15-10-16(27-19(15)22(4)21-17)18(24)23(13(3)20(25)26)11-14-8-6-5-7-9-14/h5-10,12-13H,11H2,1-4H3,(H,25,26). The quantitative estimate of drug-likeness (QED) is 0.699. The summed E-state index contributed by atoms with van der Waals surface area (Å²) in [6.45, 7) is 5.92. The number of nitrogens with zero attached hydrogens (tertiary/aromatic N) is 3. The average Bonchev–Trinajstić information content (AvgIpc) is 3.20. The molecule has 27 heavy (non-hydrogen) atoms. The van der Waals surface area contributed by atoms with E-state index < -0.39 is 12.0 Å². The van der Waals surface area contributed by atoms with Gasteiger partial charge in [0.1, 0.15) is 10.9 Å². The van der Waals surface area contributed by atoms with E-state index in [0.717, 1.165) is 21.5 Å². The van der Waals surface area contributed by atoms with Gasteiger partial charge in [0.15, 0.2) is 0 Å². The van der Waals surface area contributed by atoms with Crippen molar-refractivity contribution in [2.24, 2.45) is 7.05 Å². The maximum atomic E-state index is 13.2. The Hall–Kier alpha value is -2.67. The van der Waals surface area contributed by atoms with Gasteiger partial charge in [0.25, 0.3) is 5.91 Å². The van der Waals surface area contributed by atoms with E-state index in [4.69, 9.17) is 0 Å². The van der Waals surface area contributed by atoms with Crippen molar-refractivity contribution in [1.82, 2.24) is 14.7 Å². The molecule has 0 saturated heterocycles. The first kappa shape index (κ1) is 19.1. The Balaban J connectivity index is 1.99. The van der Waals surface area contributed by atoms with E-state index in [1.807, 2.05) is 43.4 Å². The number of carbonyl (C=O) groups excluding carboxylic acids is 1. The zero-order valence-corrected chi connectivity index (χ0v) is 16.7. The van der Waals surface area contributed by atoms with Gasteiger partial charge in [-0.2, -0.15) is 5.10 Å². The van der Waals surface area contributed by atoms with Crippen LogP contribution in [0.15, 0.2) is 36.4 Å². The van der Waals surface area contributed by atoms with E-state index in [-0.39, 0.29) is 18.4 Å². The Kier molecular flexibility index (Phi) is 5.32. The molecule has 1 amide bonds. The lowest BCUT2D eigenvalue weighted by Gasteiger charge is -2.26. The van der Waals surface area contributed by atoms with E-state index in [0.29, 0.717) is 4.88 Å². The van der Waals surface area contributed by atoms with Gasteiger partial charge in [0.2, 0.25) is 0 Å². The molecule has 0 bridgehead atoms. The van der Waals surface area contributed by atoms with Crippen LogP contribution >= 0.6 is 11.3 Å². The number of carbonyl (C=O) groups is 2. The van der Waals surface area contributed by atoms with Crippen LogP contribution in [0.3, 0.4) is 0 Å². The van der Waals surface area contributed by atoms with Crippen molar-refractivity contribution < 1.29 is 14.7 Å². The third kappa shape index (κ3) is 3.73. The first-order chi connectivity index (χ1) is 12.8. The zero-order valence-electron chi connectivity index (χ0n) is 15.8. The zero-order chi connectivity index (χ0) is 19.7. The maximum Gasteiger partial charge on any atom is 0.326 e. The summed E-state index contributed by atoms with van der Waals surface area (Å²) in [7, 11) is 1.86. The largest absolute Gasteiger partial charge is 0.480 e. The lowest BCUT2D eigenvalue weighted by molar-refractivity contribution is -0.141. The predicted molar refractivity (Wildman–Crippen MR) is 106 cm³/mol. The summed E-state index contributed by atoms with van der Waals surface area (Å²) in [6.07, 6.45) is 0. The van der Waals surface area contributed by atoms with Gasteiger partial charge in [-0.25, -0.2) is 4.79 Å². The van der Waals surface area contributed by atoms with Gasteiger partial charge in [0, 0.05) is 19.0 Å². The number of fused-ring (bicyclic) bond motifs is 1. The fraction of sp³-hybridized carbons (Fsp3) is 0.350. The van der Waals surface area contributed by atoms with E-state index in [9.17, 15) is 14.7 Å². The van der Waals surface area contributed by atoms with Crippen LogP contribution in [0.4, 0.5) is 0 Å². The average molecular weight is 385 g/mol. The summed E-state index contributed by atoms with van der Waals surface area (Å²) in [5.41, 5.74) is 1.84. The van der Waals surface area contributed by atoms with E-state index in [1.54, 1.807) is 4.68 Å². The number of hydrogen-bond acceptors (Lipinski definition) is 4. The van der Waals surface area contributed by atoms with Crippen molar-refractivity contribution in [3.05, 3.63) is 52.5 Å². The molecule has 2 heterocycles. The maximum absolute atomic E-state index is 13.2. The fourth-order valence-electron chi connectivity index (χ4n) is 3.04. The highest BCUT2D eigenvalue weighted by Crippen LogP contribution is 2.32. The summed E-state index contributed by atoms with van der Waals surface area (Å²) in [5, 5.41) is 15.0. The summed E-state index contributed by atoms with van der Waals surface area (Å²) < 4.78 is 1.79. The molecule has 1 N–H and O–H groups in total. The third-order valence-corrected chi connectivity index (χ3v) is 5.77. The van der Waals surface area contributed by atoms with Crippen LogP contribution in [-0.4, -0.2) is 37.7 Å². The molecule has 0 aliphatic rings. The molecule has 0 aliphatic carbocycles. The van der Waals surface area contributed by atoms with Gasteiger partial charge in [0.05, 0.1) is 10.6 Å². The number of carboxylic acid groups (broad SMARTS) is 1. The molecule has 1 unspecified atom stereocenters. The van der Waals surface area contributed by atoms with Crippen molar-refractivity contribution >= 4 is 33.4 Å². The Bertz CT molecular complexity index is 975. The summed E-state index contributed by atoms with van der Waals surface area (Å²) in [6, 6.07) is 10.3. The van der Waals surface area contributed by atoms with Gasteiger partial charge in [-0.3, -0.25) is 9.48 Å². The number of aliphatic carboxylic acids is 1. The molecular weight excluding hydrogens is 362 g/mol. The van der Waals surface area contributed by atoms with Crippen LogP contribution in [-0.2, 0) is 18.4 Å². The summed E-state index contributed by atoms with van der Waals surface area (Å²) in [5.74, 6) is -1.06. The number of aryl methyl sites for hydroxylation is 1. The molecule has 142 valence electrons. The second-order valence-electron chi connectivity index (χ2n) is 6.93. The highest BCUT2D eigenvalue weighted by molar-refractivity contribution is 7.20. The van der Waals surface area contributed by atoms with Crippen LogP contribution in [0.2, 0.25) is 0 Å². The number of benzene rings is 1. The molecule has 7 heteroatoms. The number of amides is 1. The Morgan fingerprint density at radius 1 is 1.22 bits per heavy atom. The molecule has 0 saturated carbocycles. The summed E-state index contributed by atoms with van der Waals surface area (Å²) >= 11 is 1.35. The van der Waals surface area contributed by atoms with Crippen molar-refractivity contribution in [1.29, 1.82) is 0 Å². The minimum Gasteiger partial charge on any atom is -0.480 e. The summed E-state index contributed by atoms with van der Waals surface area (Å²) in [4.78, 5) is 27.6. The number of thiophene rings is 1. The lowest BCUT2D eigenvalue weighted by Crippen LogP contribution is -2.42. The van der Waals surface area contributed by atoms with Crippen LogP contribution in [0.1, 0.15) is 47.6 Å². The van der Waals surface area contributed by atoms with Crippen LogP contribution in [0.5, 0.6) is 0 Å². The molecule has 1 atom stereocenters. The van der Waals surface area contributed by atoms with Gasteiger partial charge in [-0.05, 0) is 24.5 Å². The topological polar surface area (TPSA) is 75.4 Å². The first-order valence-corrected chi connectivity index (χ1v) is 9.65. The minimum atomic E-state index is -1.02. The number of rotatable bonds is 6. The highest BCUT2D eigenvalue weighted by Gasteiger charge is 2.29. The van der Waals surface area contributed by atoms with Crippen molar-refractivity contribution in [3.8, 4) is 0 Å². The van der Waals surface area contributed by atoms with Crippen LogP contribution in [0.25, 0.3) is 10.2 Å². The second-order valence-corrected chi connectivity index (χ2v) is 7.96. The van der Waals surface area contributed by atoms with Crippen molar-refractivity contribution in [3.63, 3.8) is 0 Å². The molecule has 2 aromatic heterocycles. The van der Waals surface area contributed by atoms with Gasteiger partial charge < -0.3 is 10.0 Å². The SMILES string of the molecule is CC(C)c1nn(C)c2sc(C(=O)N(Cc3ccccc3)C(C)C(=O)O)cc12. The first-order valence-electron chi connectivity index (χ1n) is 8.83. The van der Waals surface area contributed by atoms with E-state index >= 15 is 0 Å². The lowest BCUT2D eigenvalue weighted by atomic mass is 10.1. The Morgan fingerprint density at radius 2 is 1.89 bits per heavy atom. The molecule has 0 spiro atoms. The second kappa shape index (κ2) is 7.52. The molecule has 6 nitrogen and oxygen atoms in total.